The van der Waals surface area contributed by atoms with Crippen LogP contribution in [0.5, 0.6) is 0 Å². The third-order valence-electron chi connectivity index (χ3n) is 3.85. The lowest BCUT2D eigenvalue weighted by molar-refractivity contribution is 0.509. The van der Waals surface area contributed by atoms with Crippen molar-refractivity contribution in [2.24, 2.45) is 0 Å². The van der Waals surface area contributed by atoms with E-state index in [4.69, 9.17) is 4.42 Å². The lowest BCUT2D eigenvalue weighted by Crippen LogP contribution is -1.98. The van der Waals surface area contributed by atoms with Crippen LogP contribution in [-0.2, 0) is 6.54 Å². The van der Waals surface area contributed by atoms with Gasteiger partial charge >= 0.3 is 0 Å². The van der Waals surface area contributed by atoms with Gasteiger partial charge in [0.2, 0.25) is 16.9 Å². The van der Waals surface area contributed by atoms with Crippen LogP contribution in [0.3, 0.4) is 0 Å². The van der Waals surface area contributed by atoms with Crippen LogP contribution in [0.4, 0.5) is 9.52 Å². The maximum Gasteiger partial charge on any atom is 0.247 e. The van der Waals surface area contributed by atoms with E-state index in [1.165, 1.54) is 40.8 Å². The number of nitrogens with zero attached hydrogens (tertiary/aromatic N) is 4. The number of thioether (sulfide) groups is 1. The Morgan fingerprint density at radius 3 is 2.61 bits per heavy atom. The van der Waals surface area contributed by atoms with E-state index >= 15 is 0 Å². The van der Waals surface area contributed by atoms with Gasteiger partial charge in [0.05, 0.1) is 5.25 Å². The second-order valence-corrected chi connectivity index (χ2v) is 8.49. The van der Waals surface area contributed by atoms with E-state index in [-0.39, 0.29) is 11.1 Å². The quantitative estimate of drug-likeness (QED) is 0.418. The molecule has 4 aromatic rings. The van der Waals surface area contributed by atoms with Gasteiger partial charge in [-0.05, 0) is 36.8 Å². The fourth-order valence-corrected chi connectivity index (χ4v) is 4.33. The summed E-state index contributed by atoms with van der Waals surface area (Å²) in [5.41, 5.74) is 1.86. The third kappa shape index (κ3) is 4.55. The number of anilines is 1. The van der Waals surface area contributed by atoms with Crippen LogP contribution in [0.2, 0.25) is 0 Å². The van der Waals surface area contributed by atoms with Crippen LogP contribution >= 0.6 is 23.1 Å². The molecule has 0 saturated carbocycles. The predicted octanol–water partition coefficient (Wildman–Crippen LogP) is 5.19. The topological polar surface area (TPSA) is 76.7 Å². The van der Waals surface area contributed by atoms with Gasteiger partial charge in [0.1, 0.15) is 5.82 Å². The van der Waals surface area contributed by atoms with Crippen LogP contribution in [0.25, 0.3) is 11.5 Å². The maximum absolute atomic E-state index is 13.0. The first-order valence-corrected chi connectivity index (χ1v) is 10.2. The molecule has 0 aliphatic carbocycles. The summed E-state index contributed by atoms with van der Waals surface area (Å²) in [5, 5.41) is 20.5. The summed E-state index contributed by atoms with van der Waals surface area (Å²) in [6.07, 6.45) is 0. The first-order valence-electron chi connectivity index (χ1n) is 8.54. The number of benzene rings is 2. The Morgan fingerprint density at radius 2 is 1.82 bits per heavy atom. The highest BCUT2D eigenvalue weighted by Crippen LogP contribution is 2.37. The van der Waals surface area contributed by atoms with Crippen molar-refractivity contribution in [3.63, 3.8) is 0 Å². The van der Waals surface area contributed by atoms with Crippen molar-refractivity contribution in [3.8, 4) is 11.5 Å². The zero-order chi connectivity index (χ0) is 19.3. The summed E-state index contributed by atoms with van der Waals surface area (Å²) in [4.78, 5) is 0. The van der Waals surface area contributed by atoms with Gasteiger partial charge in [-0.25, -0.2) is 4.39 Å². The van der Waals surface area contributed by atoms with Gasteiger partial charge < -0.3 is 9.73 Å². The smallest absolute Gasteiger partial charge is 0.247 e. The van der Waals surface area contributed by atoms with Crippen LogP contribution in [-0.4, -0.2) is 20.4 Å². The van der Waals surface area contributed by atoms with Crippen LogP contribution < -0.4 is 5.32 Å². The van der Waals surface area contributed by atoms with Crippen LogP contribution in [0.1, 0.15) is 23.6 Å². The second-order valence-electron chi connectivity index (χ2n) is 5.92. The number of halogens is 1. The molecule has 0 aliphatic heterocycles. The van der Waals surface area contributed by atoms with Crippen molar-refractivity contribution in [2.75, 3.05) is 5.32 Å². The van der Waals surface area contributed by atoms with Crippen molar-refractivity contribution >= 4 is 28.2 Å². The van der Waals surface area contributed by atoms with Gasteiger partial charge in [0, 0.05) is 12.1 Å². The molecule has 0 spiro atoms. The van der Waals surface area contributed by atoms with E-state index in [1.807, 2.05) is 25.1 Å². The van der Waals surface area contributed by atoms with Gasteiger partial charge in [-0.3, -0.25) is 0 Å². The summed E-state index contributed by atoms with van der Waals surface area (Å²) in [5.74, 6) is 0.545. The second kappa shape index (κ2) is 8.49. The first kappa shape index (κ1) is 18.6. The SMILES string of the molecule is C[C@@H](Sc1nnc(NCc2ccccc2)s1)c1nnc(-c2ccc(F)cc2)o1. The van der Waals surface area contributed by atoms with E-state index in [0.29, 0.717) is 23.9 Å². The summed E-state index contributed by atoms with van der Waals surface area (Å²) >= 11 is 2.98. The Labute approximate surface area is 169 Å². The van der Waals surface area contributed by atoms with E-state index in [2.05, 4.69) is 37.8 Å². The number of rotatable bonds is 7. The lowest BCUT2D eigenvalue weighted by atomic mass is 10.2. The zero-order valence-corrected chi connectivity index (χ0v) is 16.5. The van der Waals surface area contributed by atoms with Crippen LogP contribution in [0.15, 0.2) is 63.4 Å². The molecule has 9 heteroatoms. The van der Waals surface area contributed by atoms with Crippen LogP contribution in [0, 0.1) is 5.82 Å². The largest absolute Gasteiger partial charge is 0.419 e. The Kier molecular flexibility index (Phi) is 5.63. The average molecular weight is 414 g/mol. The van der Waals surface area contributed by atoms with Crippen molar-refractivity contribution in [2.45, 2.75) is 23.1 Å². The maximum atomic E-state index is 13.0. The fourth-order valence-electron chi connectivity index (χ4n) is 2.41. The number of hydrogen-bond donors (Lipinski definition) is 1. The Hall–Kier alpha value is -2.78. The van der Waals surface area contributed by atoms with E-state index in [1.54, 1.807) is 12.1 Å². The first-order chi connectivity index (χ1) is 13.7. The molecule has 2 heterocycles. The summed E-state index contributed by atoms with van der Waals surface area (Å²) in [7, 11) is 0. The molecular formula is C19H16FN5OS2. The minimum Gasteiger partial charge on any atom is -0.419 e. The molecule has 0 amide bonds. The number of aromatic nitrogens is 4. The molecular weight excluding hydrogens is 397 g/mol. The van der Waals surface area contributed by atoms with Gasteiger partial charge in [-0.15, -0.1) is 20.4 Å². The van der Waals surface area contributed by atoms with Gasteiger partial charge in [0.25, 0.3) is 0 Å². The van der Waals surface area contributed by atoms with Gasteiger partial charge in [-0.1, -0.05) is 53.4 Å². The third-order valence-corrected chi connectivity index (χ3v) is 5.90. The van der Waals surface area contributed by atoms with Gasteiger partial charge in [-0.2, -0.15) is 0 Å². The van der Waals surface area contributed by atoms with E-state index in [9.17, 15) is 4.39 Å². The molecule has 0 radical (unpaired) electrons. The standard InChI is InChI=1S/C19H16FN5OS2/c1-12(16-22-23-17(26-16)14-7-9-15(20)10-8-14)27-19-25-24-18(28-19)21-11-13-5-3-2-4-6-13/h2-10,12H,11H2,1H3,(H,21,24)/t12-/m1/s1. The highest BCUT2D eigenvalue weighted by molar-refractivity contribution is 8.01. The normalized spacial score (nSPS) is 12.1. The zero-order valence-electron chi connectivity index (χ0n) is 14.9. The van der Waals surface area contributed by atoms with Crippen molar-refractivity contribution in [1.29, 1.82) is 0 Å². The Morgan fingerprint density at radius 1 is 1.04 bits per heavy atom. The molecule has 0 aliphatic rings. The monoisotopic (exact) mass is 413 g/mol. The summed E-state index contributed by atoms with van der Waals surface area (Å²) in [6.45, 7) is 2.66. The minimum atomic E-state index is -0.305. The molecule has 0 unspecified atom stereocenters. The molecule has 28 heavy (non-hydrogen) atoms. The molecule has 0 bridgehead atoms. The molecule has 6 nitrogen and oxygen atoms in total. The van der Waals surface area contributed by atoms with Crippen molar-refractivity contribution < 1.29 is 8.81 Å². The molecule has 1 atom stereocenters. The highest BCUT2D eigenvalue weighted by Gasteiger charge is 2.18. The molecule has 2 aromatic carbocycles. The molecule has 4 rings (SSSR count). The molecule has 0 fully saturated rings. The highest BCUT2D eigenvalue weighted by atomic mass is 32.2. The van der Waals surface area contributed by atoms with Gasteiger partial charge in [0.15, 0.2) is 4.34 Å². The number of hydrogen-bond acceptors (Lipinski definition) is 8. The summed E-state index contributed by atoms with van der Waals surface area (Å²) in [6, 6.07) is 16.1. The Bertz CT molecular complexity index is 1040. The minimum absolute atomic E-state index is 0.0865. The molecule has 0 saturated heterocycles. The van der Waals surface area contributed by atoms with Crippen molar-refractivity contribution in [1.82, 2.24) is 20.4 Å². The fraction of sp³-hybridized carbons (Fsp3) is 0.158. The Balaban J connectivity index is 1.37. The average Bonchev–Trinajstić information content (AvgIpc) is 3.38. The van der Waals surface area contributed by atoms with E-state index in [0.717, 1.165) is 9.47 Å². The lowest BCUT2D eigenvalue weighted by Gasteiger charge is -2.02. The predicted molar refractivity (Wildman–Crippen MR) is 108 cm³/mol. The van der Waals surface area contributed by atoms with Crippen molar-refractivity contribution in [3.05, 3.63) is 71.9 Å². The summed E-state index contributed by atoms with van der Waals surface area (Å²) < 4.78 is 19.6. The number of nitrogens with one attached hydrogen (secondary N) is 1. The molecule has 2 aromatic heterocycles. The molecule has 142 valence electrons. The molecule has 1 N–H and O–H groups in total. The van der Waals surface area contributed by atoms with E-state index < -0.39 is 0 Å².